The minimum atomic E-state index is -0.572. The van der Waals surface area contributed by atoms with Gasteiger partial charge >= 0.3 is 0 Å². The lowest BCUT2D eigenvalue weighted by Gasteiger charge is -2.16. The van der Waals surface area contributed by atoms with Crippen molar-refractivity contribution in [2.24, 2.45) is 0 Å². The maximum Gasteiger partial charge on any atom is 0.261 e. The van der Waals surface area contributed by atoms with Crippen LogP contribution in [0.25, 0.3) is 10.8 Å². The van der Waals surface area contributed by atoms with E-state index in [-0.39, 0.29) is 5.91 Å². The first-order valence-electron chi connectivity index (χ1n) is 7.55. The minimum absolute atomic E-state index is 0.151. The summed E-state index contributed by atoms with van der Waals surface area (Å²) in [4.78, 5) is 16.2. The van der Waals surface area contributed by atoms with Crippen LogP contribution in [-0.2, 0) is 11.3 Å². The van der Waals surface area contributed by atoms with E-state index >= 15 is 0 Å². The molecular weight excluding hydrogens is 288 g/mol. The molecule has 0 bridgehead atoms. The Kier molecular flexibility index (Phi) is 4.52. The highest BCUT2D eigenvalue weighted by molar-refractivity contribution is 5.89. The molecule has 1 atom stereocenters. The molecule has 0 saturated heterocycles. The van der Waals surface area contributed by atoms with Crippen LogP contribution in [0.3, 0.4) is 0 Å². The third kappa shape index (κ3) is 3.66. The van der Waals surface area contributed by atoms with Crippen molar-refractivity contribution >= 4 is 16.7 Å². The van der Waals surface area contributed by atoms with Crippen LogP contribution in [0.2, 0.25) is 0 Å². The van der Waals surface area contributed by atoms with Gasteiger partial charge in [-0.3, -0.25) is 9.78 Å². The first kappa shape index (κ1) is 15.0. The number of nitrogens with zero attached hydrogens (tertiary/aromatic N) is 1. The summed E-state index contributed by atoms with van der Waals surface area (Å²) in [5.41, 5.74) is 0.957. The SMILES string of the molecule is C[C@H](Oc1cccc2ccccc12)C(=O)NCc1cccnc1. The van der Waals surface area contributed by atoms with Crippen LogP contribution in [0.1, 0.15) is 12.5 Å². The largest absolute Gasteiger partial charge is 0.480 e. The van der Waals surface area contributed by atoms with E-state index < -0.39 is 6.10 Å². The van der Waals surface area contributed by atoms with Crippen molar-refractivity contribution in [3.63, 3.8) is 0 Å². The molecule has 0 saturated carbocycles. The van der Waals surface area contributed by atoms with Crippen molar-refractivity contribution in [3.05, 3.63) is 72.6 Å². The normalized spacial score (nSPS) is 11.9. The number of hydrogen-bond donors (Lipinski definition) is 1. The van der Waals surface area contributed by atoms with Gasteiger partial charge in [0.1, 0.15) is 5.75 Å². The number of rotatable bonds is 5. The number of ether oxygens (including phenoxy) is 1. The highest BCUT2D eigenvalue weighted by Crippen LogP contribution is 2.26. The first-order valence-corrected chi connectivity index (χ1v) is 7.55. The van der Waals surface area contributed by atoms with Crippen LogP contribution < -0.4 is 10.1 Å². The summed E-state index contributed by atoms with van der Waals surface area (Å²) in [6.07, 6.45) is 2.87. The Morgan fingerprint density at radius 1 is 1.13 bits per heavy atom. The van der Waals surface area contributed by atoms with E-state index in [4.69, 9.17) is 4.74 Å². The van der Waals surface area contributed by atoms with Crippen molar-refractivity contribution in [2.45, 2.75) is 19.6 Å². The molecule has 0 aliphatic carbocycles. The number of benzene rings is 2. The molecule has 2 aromatic carbocycles. The van der Waals surface area contributed by atoms with Crippen LogP contribution >= 0.6 is 0 Å². The van der Waals surface area contributed by atoms with Gasteiger partial charge in [0.2, 0.25) is 0 Å². The summed E-state index contributed by atoms with van der Waals surface area (Å²) in [5, 5.41) is 4.96. The van der Waals surface area contributed by atoms with Gasteiger partial charge in [0.25, 0.3) is 5.91 Å². The fourth-order valence-corrected chi connectivity index (χ4v) is 2.38. The summed E-state index contributed by atoms with van der Waals surface area (Å²) in [5.74, 6) is 0.564. The van der Waals surface area contributed by atoms with Crippen molar-refractivity contribution in [2.75, 3.05) is 0 Å². The summed E-state index contributed by atoms with van der Waals surface area (Å²) in [6.45, 7) is 2.19. The fraction of sp³-hybridized carbons (Fsp3) is 0.158. The lowest BCUT2D eigenvalue weighted by Crippen LogP contribution is -2.35. The van der Waals surface area contributed by atoms with E-state index in [1.807, 2.05) is 54.6 Å². The molecule has 1 aromatic heterocycles. The number of carbonyl (C=O) groups is 1. The minimum Gasteiger partial charge on any atom is -0.480 e. The summed E-state index contributed by atoms with van der Waals surface area (Å²) < 4.78 is 5.85. The second-order valence-corrected chi connectivity index (χ2v) is 5.32. The van der Waals surface area contributed by atoms with Gasteiger partial charge in [-0.05, 0) is 30.0 Å². The lowest BCUT2D eigenvalue weighted by molar-refractivity contribution is -0.127. The molecular formula is C19H18N2O2. The number of amides is 1. The number of fused-ring (bicyclic) bond motifs is 1. The van der Waals surface area contributed by atoms with Gasteiger partial charge in [-0.15, -0.1) is 0 Å². The van der Waals surface area contributed by atoms with Crippen molar-refractivity contribution in [3.8, 4) is 5.75 Å². The molecule has 3 rings (SSSR count). The maximum atomic E-state index is 12.2. The number of hydrogen-bond acceptors (Lipinski definition) is 3. The Labute approximate surface area is 135 Å². The van der Waals surface area contributed by atoms with Crippen molar-refractivity contribution in [1.82, 2.24) is 10.3 Å². The number of aromatic nitrogens is 1. The highest BCUT2D eigenvalue weighted by atomic mass is 16.5. The van der Waals surface area contributed by atoms with Crippen LogP contribution in [0.4, 0.5) is 0 Å². The van der Waals surface area contributed by atoms with Gasteiger partial charge in [-0.1, -0.05) is 42.5 Å². The molecule has 0 radical (unpaired) electrons. The predicted octanol–water partition coefficient (Wildman–Crippen LogP) is 3.32. The van der Waals surface area contributed by atoms with Crippen molar-refractivity contribution < 1.29 is 9.53 Å². The predicted molar refractivity (Wildman–Crippen MR) is 90.1 cm³/mol. The smallest absolute Gasteiger partial charge is 0.261 e. The van der Waals surface area contributed by atoms with Crippen LogP contribution in [0, 0.1) is 0 Å². The van der Waals surface area contributed by atoms with E-state index in [0.717, 1.165) is 16.3 Å². The molecule has 0 aliphatic heterocycles. The molecule has 3 aromatic rings. The van der Waals surface area contributed by atoms with E-state index in [1.54, 1.807) is 19.3 Å². The third-order valence-corrected chi connectivity index (χ3v) is 3.61. The van der Waals surface area contributed by atoms with Gasteiger partial charge in [-0.2, -0.15) is 0 Å². The lowest BCUT2D eigenvalue weighted by atomic mass is 10.1. The molecule has 0 spiro atoms. The molecule has 4 nitrogen and oxygen atoms in total. The Balaban J connectivity index is 1.66. The molecule has 1 amide bonds. The molecule has 0 fully saturated rings. The molecule has 1 heterocycles. The number of carbonyl (C=O) groups excluding carboxylic acids is 1. The zero-order valence-electron chi connectivity index (χ0n) is 12.9. The Morgan fingerprint density at radius 2 is 1.96 bits per heavy atom. The quantitative estimate of drug-likeness (QED) is 0.786. The number of nitrogens with one attached hydrogen (secondary N) is 1. The van der Waals surface area contributed by atoms with E-state index in [2.05, 4.69) is 10.3 Å². The standard InChI is InChI=1S/C19H18N2O2/c1-14(19(22)21-13-15-6-5-11-20-12-15)23-18-10-4-8-16-7-2-3-9-17(16)18/h2-12,14H,13H2,1H3,(H,21,22)/t14-/m0/s1. The Morgan fingerprint density at radius 3 is 2.78 bits per heavy atom. The van der Waals surface area contributed by atoms with Gasteiger partial charge in [0, 0.05) is 24.3 Å². The van der Waals surface area contributed by atoms with E-state index in [0.29, 0.717) is 12.3 Å². The third-order valence-electron chi connectivity index (χ3n) is 3.61. The van der Waals surface area contributed by atoms with Gasteiger partial charge < -0.3 is 10.1 Å². The van der Waals surface area contributed by atoms with Gasteiger partial charge in [0.05, 0.1) is 0 Å². The highest BCUT2D eigenvalue weighted by Gasteiger charge is 2.15. The second-order valence-electron chi connectivity index (χ2n) is 5.32. The van der Waals surface area contributed by atoms with Gasteiger partial charge in [-0.25, -0.2) is 0 Å². The monoisotopic (exact) mass is 306 g/mol. The average Bonchev–Trinajstić information content (AvgIpc) is 2.61. The van der Waals surface area contributed by atoms with Crippen LogP contribution in [-0.4, -0.2) is 17.0 Å². The Hall–Kier alpha value is -2.88. The molecule has 0 aliphatic rings. The first-order chi connectivity index (χ1) is 11.2. The topological polar surface area (TPSA) is 51.2 Å². The number of pyridine rings is 1. The molecule has 1 N–H and O–H groups in total. The average molecular weight is 306 g/mol. The van der Waals surface area contributed by atoms with E-state index in [1.165, 1.54) is 0 Å². The molecule has 0 unspecified atom stereocenters. The molecule has 116 valence electrons. The summed E-state index contributed by atoms with van der Waals surface area (Å²) >= 11 is 0. The van der Waals surface area contributed by atoms with E-state index in [9.17, 15) is 4.79 Å². The Bertz CT molecular complexity index is 797. The summed E-state index contributed by atoms with van der Waals surface area (Å²) in [7, 11) is 0. The van der Waals surface area contributed by atoms with Crippen molar-refractivity contribution in [1.29, 1.82) is 0 Å². The molecule has 23 heavy (non-hydrogen) atoms. The fourth-order valence-electron chi connectivity index (χ4n) is 2.38. The zero-order valence-corrected chi connectivity index (χ0v) is 12.9. The summed E-state index contributed by atoms with van der Waals surface area (Å²) in [6, 6.07) is 17.6. The second kappa shape index (κ2) is 6.92. The van der Waals surface area contributed by atoms with Crippen LogP contribution in [0.5, 0.6) is 5.75 Å². The molecule has 4 heteroatoms. The zero-order chi connectivity index (χ0) is 16.1. The van der Waals surface area contributed by atoms with Gasteiger partial charge in [0.15, 0.2) is 6.10 Å². The van der Waals surface area contributed by atoms with Crippen LogP contribution in [0.15, 0.2) is 67.0 Å². The maximum absolute atomic E-state index is 12.2.